The molecular formula is C13H21F3N2O2. The highest BCUT2D eigenvalue weighted by Gasteiger charge is 2.51. The lowest BCUT2D eigenvalue weighted by Gasteiger charge is -2.38. The molecule has 2 N–H and O–H groups in total. The molecule has 1 heterocycles. The molecule has 0 aromatic heterocycles. The third-order valence-corrected chi connectivity index (χ3v) is 4.32. The molecule has 1 aliphatic heterocycles. The summed E-state index contributed by atoms with van der Waals surface area (Å²) in [6.07, 6.45) is -1.88. The van der Waals surface area contributed by atoms with E-state index in [2.05, 4.69) is 0 Å². The molecular weight excluding hydrogens is 273 g/mol. The minimum atomic E-state index is -4.18. The number of nitrogens with zero attached hydrogens (tertiary/aromatic N) is 1. The van der Waals surface area contributed by atoms with E-state index < -0.39 is 23.6 Å². The number of halogens is 3. The van der Waals surface area contributed by atoms with Crippen LogP contribution < -0.4 is 5.73 Å². The molecule has 20 heavy (non-hydrogen) atoms. The van der Waals surface area contributed by atoms with E-state index in [4.69, 9.17) is 10.5 Å². The Morgan fingerprint density at radius 3 is 2.45 bits per heavy atom. The van der Waals surface area contributed by atoms with E-state index in [0.29, 0.717) is 13.0 Å². The van der Waals surface area contributed by atoms with E-state index in [-0.39, 0.29) is 25.4 Å². The number of hydrogen-bond acceptors (Lipinski definition) is 4. The summed E-state index contributed by atoms with van der Waals surface area (Å²) in [6, 6.07) is 0. The lowest BCUT2D eigenvalue weighted by molar-refractivity contribution is -0.187. The van der Waals surface area contributed by atoms with Crippen molar-refractivity contribution in [2.45, 2.75) is 37.4 Å². The number of piperidine rings is 1. The standard InChI is InChI=1S/C13H21F3N2O2/c1-20-11(19)12(17,9-4-5-9)8-18-6-2-3-10(7-18)13(14,15)16/h9-10H,2-8,17H2,1H3. The van der Waals surface area contributed by atoms with Gasteiger partial charge in [0.05, 0.1) is 13.0 Å². The number of ether oxygens (including phenoxy) is 1. The summed E-state index contributed by atoms with van der Waals surface area (Å²) < 4.78 is 43.1. The Labute approximate surface area is 116 Å². The number of rotatable bonds is 4. The molecule has 0 bridgehead atoms. The van der Waals surface area contributed by atoms with Crippen molar-refractivity contribution < 1.29 is 22.7 Å². The smallest absolute Gasteiger partial charge is 0.393 e. The maximum absolute atomic E-state index is 12.8. The van der Waals surface area contributed by atoms with Crippen LogP contribution in [0, 0.1) is 11.8 Å². The topological polar surface area (TPSA) is 55.6 Å². The van der Waals surface area contributed by atoms with Gasteiger partial charge in [-0.2, -0.15) is 13.2 Å². The summed E-state index contributed by atoms with van der Waals surface area (Å²) in [6.45, 7) is 0.623. The Bertz CT molecular complexity index is 371. The third kappa shape index (κ3) is 3.25. The van der Waals surface area contributed by atoms with Gasteiger partial charge in [-0.25, -0.2) is 0 Å². The zero-order valence-corrected chi connectivity index (χ0v) is 11.6. The SMILES string of the molecule is COC(=O)C(N)(CN1CCCC(C(F)(F)F)C1)C1CC1. The Balaban J connectivity index is 2.02. The molecule has 1 saturated carbocycles. The van der Waals surface area contributed by atoms with Gasteiger partial charge in [-0.15, -0.1) is 0 Å². The molecule has 0 aromatic carbocycles. The van der Waals surface area contributed by atoms with Crippen LogP contribution in [0.3, 0.4) is 0 Å². The van der Waals surface area contributed by atoms with Crippen molar-refractivity contribution in [3.63, 3.8) is 0 Å². The van der Waals surface area contributed by atoms with E-state index in [9.17, 15) is 18.0 Å². The molecule has 1 aliphatic carbocycles. The lowest BCUT2D eigenvalue weighted by atomic mass is 9.91. The number of nitrogens with two attached hydrogens (primary N) is 1. The summed E-state index contributed by atoms with van der Waals surface area (Å²) in [5, 5.41) is 0. The van der Waals surface area contributed by atoms with E-state index in [0.717, 1.165) is 12.8 Å². The normalized spacial score (nSPS) is 27.9. The molecule has 2 fully saturated rings. The number of likely N-dealkylation sites (tertiary alicyclic amines) is 1. The van der Waals surface area contributed by atoms with Gasteiger partial charge >= 0.3 is 12.1 Å². The van der Waals surface area contributed by atoms with Crippen molar-refractivity contribution in [2.75, 3.05) is 26.7 Å². The summed E-state index contributed by atoms with van der Waals surface area (Å²) in [5.74, 6) is -1.81. The fourth-order valence-corrected chi connectivity index (χ4v) is 2.99. The molecule has 4 nitrogen and oxygen atoms in total. The van der Waals surface area contributed by atoms with Gasteiger partial charge < -0.3 is 15.4 Å². The number of hydrogen-bond donors (Lipinski definition) is 1. The Morgan fingerprint density at radius 1 is 1.30 bits per heavy atom. The number of esters is 1. The van der Waals surface area contributed by atoms with Crippen LogP contribution in [0.1, 0.15) is 25.7 Å². The number of carbonyl (C=O) groups is 1. The highest BCUT2D eigenvalue weighted by atomic mass is 19.4. The molecule has 2 aliphatic rings. The second-order valence-corrected chi connectivity index (χ2v) is 5.92. The Hall–Kier alpha value is -0.820. The average Bonchev–Trinajstić information content (AvgIpc) is 3.21. The monoisotopic (exact) mass is 294 g/mol. The molecule has 0 amide bonds. The van der Waals surface area contributed by atoms with E-state index in [1.54, 1.807) is 4.90 Å². The molecule has 0 aromatic rings. The lowest BCUT2D eigenvalue weighted by Crippen LogP contribution is -2.60. The van der Waals surface area contributed by atoms with Crippen LogP contribution in [-0.2, 0) is 9.53 Å². The fraction of sp³-hybridized carbons (Fsp3) is 0.923. The Morgan fingerprint density at radius 2 is 1.95 bits per heavy atom. The quantitative estimate of drug-likeness (QED) is 0.799. The van der Waals surface area contributed by atoms with Crippen LogP contribution in [0.4, 0.5) is 13.2 Å². The molecule has 116 valence electrons. The molecule has 0 spiro atoms. The van der Waals surface area contributed by atoms with Crippen LogP contribution in [0.15, 0.2) is 0 Å². The first kappa shape index (κ1) is 15.6. The highest BCUT2D eigenvalue weighted by Crippen LogP contribution is 2.40. The van der Waals surface area contributed by atoms with Gasteiger partial charge in [0.1, 0.15) is 5.54 Å². The van der Waals surface area contributed by atoms with Gasteiger partial charge in [0.2, 0.25) is 0 Å². The molecule has 0 radical (unpaired) electrons. The average molecular weight is 294 g/mol. The second kappa shape index (κ2) is 5.52. The Kier molecular flexibility index (Phi) is 4.30. The fourth-order valence-electron chi connectivity index (χ4n) is 2.99. The van der Waals surface area contributed by atoms with Gasteiger partial charge in [0, 0.05) is 13.1 Å². The van der Waals surface area contributed by atoms with Crippen molar-refractivity contribution in [3.8, 4) is 0 Å². The minimum absolute atomic E-state index is 0.0289. The summed E-state index contributed by atoms with van der Waals surface area (Å²) in [4.78, 5) is 13.5. The van der Waals surface area contributed by atoms with Gasteiger partial charge in [0.25, 0.3) is 0 Å². The minimum Gasteiger partial charge on any atom is -0.468 e. The van der Waals surface area contributed by atoms with E-state index >= 15 is 0 Å². The zero-order chi connectivity index (χ0) is 15.0. The third-order valence-electron chi connectivity index (χ3n) is 4.32. The molecule has 1 saturated heterocycles. The second-order valence-electron chi connectivity index (χ2n) is 5.92. The maximum atomic E-state index is 12.8. The largest absolute Gasteiger partial charge is 0.468 e. The van der Waals surface area contributed by atoms with Gasteiger partial charge in [-0.3, -0.25) is 4.79 Å². The first-order valence-electron chi connectivity index (χ1n) is 6.93. The van der Waals surface area contributed by atoms with Crippen LogP contribution >= 0.6 is 0 Å². The van der Waals surface area contributed by atoms with Crippen LogP contribution in [0.5, 0.6) is 0 Å². The first-order chi connectivity index (χ1) is 9.27. The van der Waals surface area contributed by atoms with Crippen molar-refractivity contribution in [1.82, 2.24) is 4.90 Å². The summed E-state index contributed by atoms with van der Waals surface area (Å²) in [5.41, 5.74) is 4.98. The zero-order valence-electron chi connectivity index (χ0n) is 11.6. The number of alkyl halides is 3. The molecule has 7 heteroatoms. The van der Waals surface area contributed by atoms with E-state index in [1.165, 1.54) is 7.11 Å². The maximum Gasteiger partial charge on any atom is 0.393 e. The van der Waals surface area contributed by atoms with Crippen molar-refractivity contribution in [1.29, 1.82) is 0 Å². The van der Waals surface area contributed by atoms with Crippen molar-refractivity contribution in [3.05, 3.63) is 0 Å². The molecule has 2 unspecified atom stereocenters. The van der Waals surface area contributed by atoms with Gasteiger partial charge in [0.15, 0.2) is 0 Å². The van der Waals surface area contributed by atoms with Gasteiger partial charge in [-0.05, 0) is 38.1 Å². The molecule has 2 rings (SSSR count). The summed E-state index contributed by atoms with van der Waals surface area (Å²) in [7, 11) is 1.26. The number of carbonyl (C=O) groups excluding carboxylic acids is 1. The predicted molar refractivity (Wildman–Crippen MR) is 66.9 cm³/mol. The summed E-state index contributed by atoms with van der Waals surface area (Å²) >= 11 is 0. The predicted octanol–water partition coefficient (Wildman–Crippen LogP) is 1.54. The highest BCUT2D eigenvalue weighted by molar-refractivity contribution is 5.81. The van der Waals surface area contributed by atoms with Crippen molar-refractivity contribution >= 4 is 5.97 Å². The molecule has 2 atom stereocenters. The van der Waals surface area contributed by atoms with E-state index in [1.807, 2.05) is 0 Å². The van der Waals surface area contributed by atoms with Crippen LogP contribution in [0.25, 0.3) is 0 Å². The van der Waals surface area contributed by atoms with Crippen LogP contribution in [-0.4, -0.2) is 49.3 Å². The first-order valence-corrected chi connectivity index (χ1v) is 6.93. The van der Waals surface area contributed by atoms with Crippen molar-refractivity contribution in [2.24, 2.45) is 17.6 Å². The van der Waals surface area contributed by atoms with Gasteiger partial charge in [-0.1, -0.05) is 0 Å². The van der Waals surface area contributed by atoms with Crippen LogP contribution in [0.2, 0.25) is 0 Å². The number of methoxy groups -OCH3 is 1.